The molecule has 2 heteroatoms. The summed E-state index contributed by atoms with van der Waals surface area (Å²) in [5, 5.41) is 3.48. The molecule has 2 aliphatic rings. The van der Waals surface area contributed by atoms with E-state index in [1.54, 1.807) is 0 Å². The topological polar surface area (TPSA) is 21.3 Å². The number of anilines is 1. The lowest BCUT2D eigenvalue weighted by molar-refractivity contribution is 0.0655. The highest BCUT2D eigenvalue weighted by Gasteiger charge is 2.35. The normalized spacial score (nSPS) is 23.0. The fourth-order valence-electron chi connectivity index (χ4n) is 3.54. The Morgan fingerprint density at radius 3 is 2.62 bits per heavy atom. The average molecular weight is 287 g/mol. The van der Waals surface area contributed by atoms with Gasteiger partial charge in [0, 0.05) is 23.2 Å². The maximum atomic E-state index is 6.28. The largest absolute Gasteiger partial charge is 0.493 e. The van der Waals surface area contributed by atoms with Crippen LogP contribution in [0.1, 0.15) is 58.4 Å². The molecule has 0 spiro atoms. The van der Waals surface area contributed by atoms with Crippen LogP contribution in [0.4, 0.5) is 5.69 Å². The molecule has 21 heavy (non-hydrogen) atoms. The van der Waals surface area contributed by atoms with E-state index in [1.807, 2.05) is 0 Å². The van der Waals surface area contributed by atoms with Gasteiger partial charge in [0.15, 0.2) is 0 Å². The maximum Gasteiger partial charge on any atom is 0.124 e. The Balaban J connectivity index is 1.65. The first-order valence-electron chi connectivity index (χ1n) is 8.46. The fourth-order valence-corrected chi connectivity index (χ4v) is 3.54. The van der Waals surface area contributed by atoms with Gasteiger partial charge in [-0.25, -0.2) is 0 Å². The van der Waals surface area contributed by atoms with Gasteiger partial charge >= 0.3 is 0 Å². The van der Waals surface area contributed by atoms with Gasteiger partial charge in [0.05, 0.1) is 6.61 Å². The molecule has 1 aromatic carbocycles. The lowest BCUT2D eigenvalue weighted by Crippen LogP contribution is -2.33. The highest BCUT2D eigenvalue weighted by Crippen LogP contribution is 2.45. The van der Waals surface area contributed by atoms with Crippen LogP contribution in [0.2, 0.25) is 0 Å². The number of fused-ring (bicyclic) bond motifs is 1. The maximum absolute atomic E-state index is 6.28. The average Bonchev–Trinajstić information content (AvgIpc) is 2.49. The van der Waals surface area contributed by atoms with E-state index in [1.165, 1.54) is 43.4 Å². The van der Waals surface area contributed by atoms with Crippen LogP contribution in [-0.2, 0) is 6.42 Å². The first-order valence-corrected chi connectivity index (χ1v) is 8.46. The van der Waals surface area contributed by atoms with Crippen LogP contribution in [0.3, 0.4) is 0 Å². The van der Waals surface area contributed by atoms with Gasteiger partial charge in [-0.1, -0.05) is 26.8 Å². The molecule has 0 saturated heterocycles. The highest BCUT2D eigenvalue weighted by molar-refractivity contribution is 5.59. The van der Waals surface area contributed by atoms with Crippen LogP contribution >= 0.6 is 0 Å². The SMILES string of the molecule is CC1(C)CCC(C)(COc2cccc3c2CCCN3)CC1. The van der Waals surface area contributed by atoms with E-state index in [4.69, 9.17) is 4.74 Å². The van der Waals surface area contributed by atoms with Crippen molar-refractivity contribution in [1.29, 1.82) is 0 Å². The van der Waals surface area contributed by atoms with Gasteiger partial charge < -0.3 is 10.1 Å². The molecule has 0 unspecified atom stereocenters. The summed E-state index contributed by atoms with van der Waals surface area (Å²) in [5.74, 6) is 1.10. The van der Waals surface area contributed by atoms with Crippen LogP contribution in [0, 0.1) is 10.8 Å². The number of ether oxygens (including phenoxy) is 1. The molecular weight excluding hydrogens is 258 g/mol. The zero-order valence-electron chi connectivity index (χ0n) is 13.8. The van der Waals surface area contributed by atoms with Gasteiger partial charge in [-0.15, -0.1) is 0 Å². The van der Waals surface area contributed by atoms with Gasteiger partial charge in [0.25, 0.3) is 0 Å². The third kappa shape index (κ3) is 3.36. The second kappa shape index (κ2) is 5.55. The molecule has 1 aliphatic carbocycles. The zero-order chi connectivity index (χ0) is 14.9. The predicted molar refractivity (Wildman–Crippen MR) is 89.1 cm³/mol. The summed E-state index contributed by atoms with van der Waals surface area (Å²) in [7, 11) is 0. The van der Waals surface area contributed by atoms with Crippen LogP contribution in [0.15, 0.2) is 18.2 Å². The van der Waals surface area contributed by atoms with Crippen molar-refractivity contribution >= 4 is 5.69 Å². The lowest BCUT2D eigenvalue weighted by Gasteiger charge is -2.41. The van der Waals surface area contributed by atoms with E-state index >= 15 is 0 Å². The Labute approximate surface area is 129 Å². The van der Waals surface area contributed by atoms with E-state index in [2.05, 4.69) is 44.3 Å². The van der Waals surface area contributed by atoms with Crippen molar-refractivity contribution in [2.24, 2.45) is 10.8 Å². The Morgan fingerprint density at radius 1 is 1.10 bits per heavy atom. The van der Waals surface area contributed by atoms with E-state index in [-0.39, 0.29) is 0 Å². The summed E-state index contributed by atoms with van der Waals surface area (Å²) < 4.78 is 6.28. The third-order valence-corrected chi connectivity index (χ3v) is 5.44. The number of nitrogens with one attached hydrogen (secondary N) is 1. The minimum atomic E-state index is 0.348. The molecule has 0 bridgehead atoms. The van der Waals surface area contributed by atoms with E-state index in [9.17, 15) is 0 Å². The highest BCUT2D eigenvalue weighted by atomic mass is 16.5. The van der Waals surface area contributed by atoms with Gasteiger partial charge in [0.2, 0.25) is 0 Å². The first-order chi connectivity index (χ1) is 9.98. The van der Waals surface area contributed by atoms with Gasteiger partial charge in [-0.05, 0) is 56.1 Å². The number of hydrogen-bond donors (Lipinski definition) is 1. The summed E-state index contributed by atoms with van der Waals surface area (Å²) in [6.07, 6.45) is 7.56. The van der Waals surface area contributed by atoms with Crippen molar-refractivity contribution in [2.75, 3.05) is 18.5 Å². The molecule has 3 rings (SSSR count). The molecule has 1 fully saturated rings. The van der Waals surface area contributed by atoms with Crippen LogP contribution < -0.4 is 10.1 Å². The van der Waals surface area contributed by atoms with Gasteiger partial charge in [-0.3, -0.25) is 0 Å². The van der Waals surface area contributed by atoms with E-state index < -0.39 is 0 Å². The Bertz CT molecular complexity index is 496. The molecule has 1 saturated carbocycles. The van der Waals surface area contributed by atoms with Crippen molar-refractivity contribution in [3.05, 3.63) is 23.8 Å². The molecule has 0 radical (unpaired) electrons. The van der Waals surface area contributed by atoms with Crippen LogP contribution in [0.5, 0.6) is 5.75 Å². The molecule has 1 aromatic rings. The van der Waals surface area contributed by atoms with Crippen molar-refractivity contribution in [1.82, 2.24) is 0 Å². The zero-order valence-corrected chi connectivity index (χ0v) is 13.8. The van der Waals surface area contributed by atoms with Gasteiger partial charge in [-0.2, -0.15) is 0 Å². The standard InChI is InChI=1S/C19H29NO/c1-18(2)9-11-19(3,12-10-18)14-21-17-8-4-7-16-15(17)6-5-13-20-16/h4,7-8,20H,5-6,9-14H2,1-3H3. The monoisotopic (exact) mass is 287 g/mol. The molecule has 1 heterocycles. The Morgan fingerprint density at radius 2 is 1.86 bits per heavy atom. The summed E-state index contributed by atoms with van der Waals surface area (Å²) in [5.41, 5.74) is 3.52. The first kappa shape index (κ1) is 14.7. The van der Waals surface area contributed by atoms with E-state index in [0.717, 1.165) is 25.3 Å². The molecule has 2 nitrogen and oxygen atoms in total. The molecule has 1 N–H and O–H groups in total. The van der Waals surface area contributed by atoms with Crippen molar-refractivity contribution < 1.29 is 4.74 Å². The smallest absolute Gasteiger partial charge is 0.124 e. The Kier molecular flexibility index (Phi) is 3.90. The summed E-state index contributed by atoms with van der Waals surface area (Å²) in [6.45, 7) is 9.14. The number of benzene rings is 1. The van der Waals surface area contributed by atoms with Crippen molar-refractivity contribution in [3.8, 4) is 5.75 Å². The fraction of sp³-hybridized carbons (Fsp3) is 0.684. The van der Waals surface area contributed by atoms with Crippen LogP contribution in [-0.4, -0.2) is 13.2 Å². The van der Waals surface area contributed by atoms with Crippen molar-refractivity contribution in [2.45, 2.75) is 59.3 Å². The quantitative estimate of drug-likeness (QED) is 0.842. The van der Waals surface area contributed by atoms with E-state index in [0.29, 0.717) is 10.8 Å². The minimum Gasteiger partial charge on any atom is -0.493 e. The minimum absolute atomic E-state index is 0.348. The summed E-state index contributed by atoms with van der Waals surface area (Å²) >= 11 is 0. The second-order valence-electron chi connectivity index (χ2n) is 8.08. The van der Waals surface area contributed by atoms with Crippen molar-refractivity contribution in [3.63, 3.8) is 0 Å². The summed E-state index contributed by atoms with van der Waals surface area (Å²) in [4.78, 5) is 0. The summed E-state index contributed by atoms with van der Waals surface area (Å²) in [6, 6.07) is 6.42. The Hall–Kier alpha value is -1.18. The van der Waals surface area contributed by atoms with Gasteiger partial charge in [0.1, 0.15) is 5.75 Å². The molecule has 0 atom stereocenters. The molecule has 0 amide bonds. The third-order valence-electron chi connectivity index (χ3n) is 5.44. The predicted octanol–water partition coefficient (Wildman–Crippen LogP) is 5.03. The lowest BCUT2D eigenvalue weighted by atomic mass is 9.66. The molecular formula is C19H29NO. The second-order valence-corrected chi connectivity index (χ2v) is 8.08. The molecule has 1 aliphatic heterocycles. The number of rotatable bonds is 3. The number of hydrogen-bond acceptors (Lipinski definition) is 2. The molecule has 116 valence electrons. The molecule has 0 aromatic heterocycles. The van der Waals surface area contributed by atoms with Crippen LogP contribution in [0.25, 0.3) is 0 Å².